The lowest BCUT2D eigenvalue weighted by Crippen LogP contribution is -2.55. The van der Waals surface area contributed by atoms with Crippen molar-refractivity contribution in [2.75, 3.05) is 26.7 Å². The van der Waals surface area contributed by atoms with E-state index in [-0.39, 0.29) is 28.9 Å². The van der Waals surface area contributed by atoms with Gasteiger partial charge in [-0.05, 0) is 44.8 Å². The Bertz CT molecular complexity index is 634. The molecule has 0 bridgehead atoms. The van der Waals surface area contributed by atoms with Gasteiger partial charge in [-0.1, -0.05) is 0 Å². The van der Waals surface area contributed by atoms with E-state index in [1.165, 1.54) is 12.1 Å². The summed E-state index contributed by atoms with van der Waals surface area (Å²) in [5.41, 5.74) is -0.0648. The van der Waals surface area contributed by atoms with Crippen molar-refractivity contribution in [2.24, 2.45) is 5.92 Å². The van der Waals surface area contributed by atoms with Crippen molar-refractivity contribution in [2.45, 2.75) is 25.3 Å². The lowest BCUT2D eigenvalue weighted by Gasteiger charge is -2.46. The van der Waals surface area contributed by atoms with E-state index >= 15 is 0 Å². The minimum absolute atomic E-state index is 0.148. The smallest absolute Gasteiger partial charge is 0.273 e. The molecule has 23 heavy (non-hydrogen) atoms. The second kappa shape index (κ2) is 6.16. The lowest BCUT2D eigenvalue weighted by molar-refractivity contribution is -0.384. The first-order valence-corrected chi connectivity index (χ1v) is 7.94. The van der Waals surface area contributed by atoms with Crippen molar-refractivity contribution < 1.29 is 14.8 Å². The number of aromatic hydroxyl groups is 1. The zero-order valence-electron chi connectivity index (χ0n) is 13.1. The van der Waals surface area contributed by atoms with Crippen molar-refractivity contribution in [3.63, 3.8) is 0 Å². The second-order valence-electron chi connectivity index (χ2n) is 6.48. The number of amides is 1. The standard InChI is InChI=1S/C16H21N3O4/c1-17-8-6-14-11(10-17)3-2-7-18(14)16(21)13-5-4-12(19(22)23)9-15(13)20/h4-5,9,11,14,20H,2-3,6-8,10H2,1H3/t11-,14+/m1/s1. The zero-order chi connectivity index (χ0) is 16.6. The molecule has 2 aliphatic heterocycles. The van der Waals surface area contributed by atoms with Crippen molar-refractivity contribution >= 4 is 11.6 Å². The Morgan fingerprint density at radius 1 is 1.35 bits per heavy atom. The maximum absolute atomic E-state index is 12.8. The Hall–Kier alpha value is -2.15. The molecule has 2 saturated heterocycles. The monoisotopic (exact) mass is 319 g/mol. The number of fused-ring (bicyclic) bond motifs is 1. The van der Waals surface area contributed by atoms with Gasteiger partial charge in [-0.3, -0.25) is 14.9 Å². The number of likely N-dealkylation sites (tertiary alicyclic amines) is 2. The van der Waals surface area contributed by atoms with E-state index in [0.717, 1.165) is 38.4 Å². The van der Waals surface area contributed by atoms with Crippen LogP contribution in [0.3, 0.4) is 0 Å². The van der Waals surface area contributed by atoms with Gasteiger partial charge in [-0.2, -0.15) is 0 Å². The summed E-state index contributed by atoms with van der Waals surface area (Å²) in [4.78, 5) is 27.1. The predicted octanol–water partition coefficient (Wildman–Crippen LogP) is 1.86. The molecule has 1 aromatic carbocycles. The van der Waals surface area contributed by atoms with Gasteiger partial charge in [0.2, 0.25) is 0 Å². The number of rotatable bonds is 2. The molecule has 124 valence electrons. The Balaban J connectivity index is 1.83. The second-order valence-corrected chi connectivity index (χ2v) is 6.48. The molecule has 1 N–H and O–H groups in total. The van der Waals surface area contributed by atoms with E-state index in [1.54, 1.807) is 0 Å². The number of piperidine rings is 2. The summed E-state index contributed by atoms with van der Waals surface area (Å²) >= 11 is 0. The highest BCUT2D eigenvalue weighted by atomic mass is 16.6. The van der Waals surface area contributed by atoms with E-state index in [4.69, 9.17) is 0 Å². The fourth-order valence-corrected chi connectivity index (χ4v) is 3.81. The number of phenolic OH excluding ortho intramolecular Hbond substituents is 1. The summed E-state index contributed by atoms with van der Waals surface area (Å²) in [6, 6.07) is 3.86. The summed E-state index contributed by atoms with van der Waals surface area (Å²) in [5.74, 6) is -0.0810. The minimum atomic E-state index is -0.581. The van der Waals surface area contributed by atoms with Gasteiger partial charge in [0.05, 0.1) is 16.6 Å². The fourth-order valence-electron chi connectivity index (χ4n) is 3.81. The number of nitro groups is 1. The van der Waals surface area contributed by atoms with Crippen LogP contribution in [0.4, 0.5) is 5.69 Å². The summed E-state index contributed by atoms with van der Waals surface area (Å²) < 4.78 is 0. The normalized spacial score (nSPS) is 25.0. The summed E-state index contributed by atoms with van der Waals surface area (Å²) in [5, 5.41) is 20.8. The van der Waals surface area contributed by atoms with Gasteiger partial charge >= 0.3 is 0 Å². The van der Waals surface area contributed by atoms with Crippen LogP contribution in [0.5, 0.6) is 5.75 Å². The Morgan fingerprint density at radius 3 is 2.83 bits per heavy atom. The van der Waals surface area contributed by atoms with Gasteiger partial charge in [0.15, 0.2) is 0 Å². The first-order valence-electron chi connectivity index (χ1n) is 7.94. The van der Waals surface area contributed by atoms with Crippen LogP contribution in [-0.2, 0) is 0 Å². The molecule has 2 heterocycles. The van der Waals surface area contributed by atoms with Gasteiger partial charge in [-0.15, -0.1) is 0 Å². The Kier molecular flexibility index (Phi) is 4.21. The molecular formula is C16H21N3O4. The molecule has 0 unspecified atom stereocenters. The molecule has 1 aromatic rings. The predicted molar refractivity (Wildman–Crippen MR) is 84.4 cm³/mol. The quantitative estimate of drug-likeness (QED) is 0.664. The number of nitrogens with zero attached hydrogens (tertiary/aromatic N) is 3. The molecule has 0 radical (unpaired) electrons. The third-order valence-electron chi connectivity index (χ3n) is 4.95. The number of non-ortho nitro benzene ring substituents is 1. The van der Waals surface area contributed by atoms with Gasteiger partial charge in [-0.25, -0.2) is 0 Å². The molecule has 3 rings (SSSR count). The molecule has 7 heteroatoms. The number of carbonyl (C=O) groups excluding carboxylic acids is 1. The number of benzene rings is 1. The third-order valence-corrected chi connectivity index (χ3v) is 4.95. The molecule has 0 saturated carbocycles. The molecule has 2 fully saturated rings. The van der Waals surface area contributed by atoms with Crippen LogP contribution in [0.1, 0.15) is 29.6 Å². The van der Waals surface area contributed by atoms with Crippen molar-refractivity contribution in [3.8, 4) is 5.75 Å². The number of hydrogen-bond acceptors (Lipinski definition) is 5. The number of hydrogen-bond donors (Lipinski definition) is 1. The number of phenols is 1. The molecule has 2 aliphatic rings. The van der Waals surface area contributed by atoms with E-state index in [2.05, 4.69) is 11.9 Å². The van der Waals surface area contributed by atoms with Crippen LogP contribution < -0.4 is 0 Å². The van der Waals surface area contributed by atoms with E-state index in [1.807, 2.05) is 4.90 Å². The first-order chi connectivity index (χ1) is 11.0. The van der Waals surface area contributed by atoms with Gasteiger partial charge in [0.25, 0.3) is 11.6 Å². The molecule has 2 atom stereocenters. The Morgan fingerprint density at radius 2 is 2.13 bits per heavy atom. The average molecular weight is 319 g/mol. The maximum atomic E-state index is 12.8. The topological polar surface area (TPSA) is 86.9 Å². The van der Waals surface area contributed by atoms with Crippen molar-refractivity contribution in [1.82, 2.24) is 9.80 Å². The van der Waals surface area contributed by atoms with Crippen LogP contribution in [0, 0.1) is 16.0 Å². The molecule has 0 spiro atoms. The van der Waals surface area contributed by atoms with Crippen LogP contribution >= 0.6 is 0 Å². The van der Waals surface area contributed by atoms with E-state index in [0.29, 0.717) is 12.5 Å². The third kappa shape index (κ3) is 3.01. The fraction of sp³-hybridized carbons (Fsp3) is 0.562. The maximum Gasteiger partial charge on any atom is 0.273 e. The molecule has 0 aromatic heterocycles. The van der Waals surface area contributed by atoms with Crippen molar-refractivity contribution in [3.05, 3.63) is 33.9 Å². The number of carbonyl (C=O) groups is 1. The summed E-state index contributed by atoms with van der Waals surface area (Å²) in [6.45, 7) is 2.62. The van der Waals surface area contributed by atoms with Crippen LogP contribution in [-0.4, -0.2) is 58.5 Å². The van der Waals surface area contributed by atoms with Crippen molar-refractivity contribution in [1.29, 1.82) is 0 Å². The molecule has 7 nitrogen and oxygen atoms in total. The highest BCUT2D eigenvalue weighted by Gasteiger charge is 2.38. The highest BCUT2D eigenvalue weighted by molar-refractivity contribution is 5.97. The Labute approximate surface area is 134 Å². The average Bonchev–Trinajstić information content (AvgIpc) is 2.53. The SMILES string of the molecule is CN1CC[C@H]2[C@H](CCCN2C(=O)c2ccc([N+](=O)[O-])cc2O)C1. The van der Waals surface area contributed by atoms with Gasteiger partial charge in [0, 0.05) is 25.2 Å². The molecular weight excluding hydrogens is 298 g/mol. The number of nitro benzene ring substituents is 1. The van der Waals surface area contributed by atoms with Gasteiger partial charge in [0.1, 0.15) is 5.75 Å². The van der Waals surface area contributed by atoms with Gasteiger partial charge < -0.3 is 14.9 Å². The van der Waals surface area contributed by atoms with E-state index in [9.17, 15) is 20.0 Å². The summed E-state index contributed by atoms with van der Waals surface area (Å²) in [6.07, 6.45) is 3.00. The van der Waals surface area contributed by atoms with Crippen LogP contribution in [0.15, 0.2) is 18.2 Å². The van der Waals surface area contributed by atoms with Crippen LogP contribution in [0.25, 0.3) is 0 Å². The molecule has 0 aliphatic carbocycles. The summed E-state index contributed by atoms with van der Waals surface area (Å²) in [7, 11) is 2.10. The van der Waals surface area contributed by atoms with Crippen LogP contribution in [0.2, 0.25) is 0 Å². The molecule has 1 amide bonds. The highest BCUT2D eigenvalue weighted by Crippen LogP contribution is 2.33. The first kappa shape index (κ1) is 15.7. The zero-order valence-corrected chi connectivity index (χ0v) is 13.1. The van der Waals surface area contributed by atoms with E-state index < -0.39 is 4.92 Å². The minimum Gasteiger partial charge on any atom is -0.507 e. The largest absolute Gasteiger partial charge is 0.507 e. The lowest BCUT2D eigenvalue weighted by atomic mass is 9.83.